The summed E-state index contributed by atoms with van der Waals surface area (Å²) in [5, 5.41) is 2.78. The Bertz CT molecular complexity index is 1050. The quantitative estimate of drug-likeness (QED) is 0.447. The van der Waals surface area contributed by atoms with Crippen molar-refractivity contribution in [3.8, 4) is 16.9 Å². The third-order valence-corrected chi connectivity index (χ3v) is 5.39. The Morgan fingerprint density at radius 1 is 1.10 bits per heavy atom. The lowest BCUT2D eigenvalue weighted by Gasteiger charge is -2.26. The van der Waals surface area contributed by atoms with E-state index in [9.17, 15) is 9.59 Å². The number of fused-ring (bicyclic) bond motifs is 1. The van der Waals surface area contributed by atoms with Crippen LogP contribution in [-0.2, 0) is 9.53 Å². The minimum atomic E-state index is -0.593. The summed E-state index contributed by atoms with van der Waals surface area (Å²) in [4.78, 5) is 28.1. The van der Waals surface area contributed by atoms with Crippen molar-refractivity contribution in [2.45, 2.75) is 6.92 Å². The molecule has 7 heteroatoms. The monoisotopic (exact) mass is 421 g/mol. The Morgan fingerprint density at radius 3 is 2.61 bits per heavy atom. The predicted octanol–water partition coefficient (Wildman–Crippen LogP) is 2.64. The van der Waals surface area contributed by atoms with Gasteiger partial charge < -0.3 is 19.2 Å². The van der Waals surface area contributed by atoms with Crippen molar-refractivity contribution in [3.63, 3.8) is 0 Å². The summed E-state index contributed by atoms with van der Waals surface area (Å²) in [6.45, 7) is 6.73. The molecule has 1 fully saturated rings. The summed E-state index contributed by atoms with van der Waals surface area (Å²) in [7, 11) is 0. The molecule has 2 aromatic heterocycles. The molecule has 0 bridgehead atoms. The first-order chi connectivity index (χ1) is 15.2. The van der Waals surface area contributed by atoms with Crippen molar-refractivity contribution in [2.24, 2.45) is 0 Å². The van der Waals surface area contributed by atoms with Gasteiger partial charge in [0.2, 0.25) is 0 Å². The third kappa shape index (κ3) is 4.78. The molecule has 31 heavy (non-hydrogen) atoms. The molecule has 0 aliphatic carbocycles. The fourth-order valence-electron chi connectivity index (χ4n) is 3.81. The number of ether oxygens (including phenoxy) is 2. The van der Waals surface area contributed by atoms with E-state index in [2.05, 4.69) is 10.2 Å². The first-order valence-electron chi connectivity index (χ1n) is 10.6. The van der Waals surface area contributed by atoms with Crippen LogP contribution in [0.25, 0.3) is 16.6 Å². The van der Waals surface area contributed by atoms with E-state index in [0.717, 1.165) is 35.5 Å². The number of pyridine rings is 1. The van der Waals surface area contributed by atoms with Crippen molar-refractivity contribution in [1.82, 2.24) is 14.6 Å². The molecule has 3 aromatic rings. The normalized spacial score (nSPS) is 14.5. The minimum Gasteiger partial charge on any atom is -0.494 e. The molecule has 1 aromatic carbocycles. The zero-order valence-corrected chi connectivity index (χ0v) is 17.7. The summed E-state index contributed by atoms with van der Waals surface area (Å²) in [5.41, 5.74) is 2.80. The highest BCUT2D eigenvalue weighted by molar-refractivity contribution is 6.43. The molecular formula is C24H27N3O4. The molecule has 1 saturated heterocycles. The third-order valence-electron chi connectivity index (χ3n) is 5.39. The topological polar surface area (TPSA) is 72.3 Å². The van der Waals surface area contributed by atoms with E-state index in [1.54, 1.807) is 4.40 Å². The van der Waals surface area contributed by atoms with E-state index in [1.807, 2.05) is 61.7 Å². The van der Waals surface area contributed by atoms with E-state index in [4.69, 9.17) is 9.47 Å². The number of benzene rings is 1. The Morgan fingerprint density at radius 2 is 1.87 bits per heavy atom. The number of rotatable bonds is 8. The van der Waals surface area contributed by atoms with Crippen molar-refractivity contribution < 1.29 is 19.1 Å². The lowest BCUT2D eigenvalue weighted by atomic mass is 10.0. The van der Waals surface area contributed by atoms with Crippen molar-refractivity contribution in [3.05, 3.63) is 60.4 Å². The van der Waals surface area contributed by atoms with E-state index in [0.29, 0.717) is 38.6 Å². The van der Waals surface area contributed by atoms with Crippen LogP contribution in [-0.4, -0.2) is 67.0 Å². The van der Waals surface area contributed by atoms with Crippen LogP contribution in [0.5, 0.6) is 5.75 Å². The average Bonchev–Trinajstić information content (AvgIpc) is 3.19. The molecule has 1 amide bonds. The van der Waals surface area contributed by atoms with E-state index < -0.39 is 11.7 Å². The molecule has 0 atom stereocenters. The highest BCUT2D eigenvalue weighted by atomic mass is 16.5. The van der Waals surface area contributed by atoms with Crippen LogP contribution in [0.15, 0.2) is 54.7 Å². The lowest BCUT2D eigenvalue weighted by molar-refractivity contribution is -0.117. The van der Waals surface area contributed by atoms with E-state index in [-0.39, 0.29) is 0 Å². The number of morpholine rings is 1. The molecule has 7 nitrogen and oxygen atoms in total. The molecule has 1 N–H and O–H groups in total. The van der Waals surface area contributed by atoms with Crippen LogP contribution >= 0.6 is 0 Å². The summed E-state index contributed by atoms with van der Waals surface area (Å²) in [5.74, 6) is -0.370. The Labute approximate surface area is 181 Å². The molecule has 0 radical (unpaired) electrons. The highest BCUT2D eigenvalue weighted by Gasteiger charge is 2.24. The molecule has 162 valence electrons. The molecule has 4 rings (SSSR count). The maximum absolute atomic E-state index is 13.2. The van der Waals surface area contributed by atoms with Gasteiger partial charge in [-0.05, 0) is 42.8 Å². The predicted molar refractivity (Wildman–Crippen MR) is 119 cm³/mol. The van der Waals surface area contributed by atoms with Gasteiger partial charge in [-0.2, -0.15) is 0 Å². The highest BCUT2D eigenvalue weighted by Crippen LogP contribution is 2.29. The number of hydrogen-bond donors (Lipinski definition) is 1. The first-order valence-corrected chi connectivity index (χ1v) is 10.6. The maximum Gasteiger partial charge on any atom is 0.294 e. The fraction of sp³-hybridized carbons (Fsp3) is 0.333. The summed E-state index contributed by atoms with van der Waals surface area (Å²) < 4.78 is 12.6. The smallest absolute Gasteiger partial charge is 0.294 e. The van der Waals surface area contributed by atoms with Crippen LogP contribution in [0, 0.1) is 0 Å². The van der Waals surface area contributed by atoms with Gasteiger partial charge in [0.25, 0.3) is 11.7 Å². The van der Waals surface area contributed by atoms with Crippen molar-refractivity contribution in [1.29, 1.82) is 0 Å². The first kappa shape index (κ1) is 21.1. The Hall–Kier alpha value is -3.16. The van der Waals surface area contributed by atoms with E-state index >= 15 is 0 Å². The SMILES string of the molecule is CCOc1ccc(-c2cc3ccccn3c2C(=O)C(=O)NCCN2CCOCC2)cc1. The van der Waals surface area contributed by atoms with Crippen molar-refractivity contribution in [2.75, 3.05) is 46.0 Å². The second kappa shape index (κ2) is 9.76. The second-order valence-electron chi connectivity index (χ2n) is 7.40. The Balaban J connectivity index is 1.55. The number of Topliss-reactive ketones (excluding diaryl/α,β-unsaturated/α-hetero) is 1. The van der Waals surface area contributed by atoms with Gasteiger partial charge in [-0.1, -0.05) is 18.2 Å². The minimum absolute atomic E-state index is 0.364. The summed E-state index contributed by atoms with van der Waals surface area (Å²) in [6.07, 6.45) is 1.81. The molecule has 1 aliphatic heterocycles. The van der Waals surface area contributed by atoms with Crippen LogP contribution < -0.4 is 10.1 Å². The van der Waals surface area contributed by atoms with Gasteiger partial charge in [-0.25, -0.2) is 0 Å². The average molecular weight is 421 g/mol. The van der Waals surface area contributed by atoms with Gasteiger partial charge >= 0.3 is 0 Å². The number of ketones is 1. The number of nitrogens with one attached hydrogen (secondary N) is 1. The Kier molecular flexibility index (Phi) is 6.64. The standard InChI is InChI=1S/C24H27N3O4/c1-2-31-20-8-6-18(7-9-20)21-17-19-5-3-4-11-27(19)22(21)23(28)24(29)25-10-12-26-13-15-30-16-14-26/h3-9,11,17H,2,10,12-16H2,1H3,(H,25,29). The number of amides is 1. The van der Waals surface area contributed by atoms with Crippen LogP contribution in [0.1, 0.15) is 17.4 Å². The number of hydrogen-bond acceptors (Lipinski definition) is 5. The van der Waals surface area contributed by atoms with Crippen molar-refractivity contribution >= 4 is 17.2 Å². The van der Waals surface area contributed by atoms with Gasteiger partial charge in [0, 0.05) is 43.5 Å². The van der Waals surface area contributed by atoms with Crippen LogP contribution in [0.4, 0.5) is 0 Å². The molecular weight excluding hydrogens is 394 g/mol. The summed E-state index contributed by atoms with van der Waals surface area (Å²) in [6, 6.07) is 15.2. The molecule has 0 spiro atoms. The van der Waals surface area contributed by atoms with E-state index in [1.165, 1.54) is 0 Å². The largest absolute Gasteiger partial charge is 0.494 e. The molecule has 0 saturated carbocycles. The number of carbonyl (C=O) groups excluding carboxylic acids is 2. The molecule has 1 aliphatic rings. The van der Waals surface area contributed by atoms with Gasteiger partial charge in [0.1, 0.15) is 11.4 Å². The number of nitrogens with zero attached hydrogens (tertiary/aromatic N) is 2. The lowest BCUT2D eigenvalue weighted by Crippen LogP contribution is -2.42. The van der Waals surface area contributed by atoms with Gasteiger partial charge in [-0.3, -0.25) is 14.5 Å². The van der Waals surface area contributed by atoms with Crippen LogP contribution in [0.2, 0.25) is 0 Å². The number of carbonyl (C=O) groups is 2. The molecule has 0 unspecified atom stereocenters. The second-order valence-corrected chi connectivity index (χ2v) is 7.40. The fourth-order valence-corrected chi connectivity index (χ4v) is 3.81. The zero-order valence-electron chi connectivity index (χ0n) is 17.7. The molecule has 3 heterocycles. The van der Waals surface area contributed by atoms with Gasteiger partial charge in [-0.15, -0.1) is 0 Å². The maximum atomic E-state index is 13.2. The zero-order chi connectivity index (χ0) is 21.6. The summed E-state index contributed by atoms with van der Waals surface area (Å²) >= 11 is 0. The van der Waals surface area contributed by atoms with Crippen LogP contribution in [0.3, 0.4) is 0 Å². The van der Waals surface area contributed by atoms with Gasteiger partial charge in [0.15, 0.2) is 0 Å². The number of aromatic nitrogens is 1. The van der Waals surface area contributed by atoms with Gasteiger partial charge in [0.05, 0.1) is 19.8 Å².